The molecule has 0 saturated heterocycles. The molecule has 0 amide bonds. The smallest absolute Gasteiger partial charge is 0.232 e. The van der Waals surface area contributed by atoms with Crippen molar-refractivity contribution in [2.24, 2.45) is 0 Å². The number of para-hydroxylation sites is 1. The number of aromatic nitrogens is 4. The van der Waals surface area contributed by atoms with Crippen molar-refractivity contribution in [3.05, 3.63) is 42.5 Å². The molecule has 0 bridgehead atoms. The molecule has 3 aromatic rings. The Morgan fingerprint density at radius 2 is 1.86 bits per heavy atom. The average molecular weight is 281 g/mol. The van der Waals surface area contributed by atoms with Crippen LogP contribution in [0.3, 0.4) is 0 Å². The number of rotatable bonds is 3. The van der Waals surface area contributed by atoms with Crippen molar-refractivity contribution in [2.45, 2.75) is 6.92 Å². The number of fused-ring (bicyclic) bond motifs is 1. The maximum Gasteiger partial charge on any atom is 0.232 e. The zero-order chi connectivity index (χ0) is 14.8. The topological polar surface area (TPSA) is 64.0 Å². The molecule has 21 heavy (non-hydrogen) atoms. The molecule has 6 heteroatoms. The van der Waals surface area contributed by atoms with Gasteiger partial charge in [-0.3, -0.25) is 0 Å². The molecule has 0 saturated carbocycles. The molecular weight excluding hydrogens is 266 g/mol. The van der Waals surface area contributed by atoms with E-state index in [1.54, 1.807) is 19.5 Å². The molecule has 0 radical (unpaired) electrons. The summed E-state index contributed by atoms with van der Waals surface area (Å²) in [4.78, 5) is 19.4. The lowest BCUT2D eigenvalue weighted by Crippen LogP contribution is -2.14. The van der Waals surface area contributed by atoms with Crippen LogP contribution in [0.25, 0.3) is 10.9 Å². The lowest BCUT2D eigenvalue weighted by atomic mass is 10.2. The molecule has 1 aromatic carbocycles. The molecule has 0 spiro atoms. The van der Waals surface area contributed by atoms with E-state index in [-0.39, 0.29) is 0 Å². The lowest BCUT2D eigenvalue weighted by molar-refractivity contribution is 0.396. The van der Waals surface area contributed by atoms with E-state index >= 15 is 0 Å². The minimum Gasteiger partial charge on any atom is -0.480 e. The molecule has 2 aromatic heterocycles. The van der Waals surface area contributed by atoms with Crippen molar-refractivity contribution >= 4 is 22.5 Å². The fourth-order valence-corrected chi connectivity index (χ4v) is 2.13. The molecule has 106 valence electrons. The number of hydrogen-bond acceptors (Lipinski definition) is 6. The largest absolute Gasteiger partial charge is 0.480 e. The third-order valence-electron chi connectivity index (χ3n) is 3.18. The molecule has 0 atom stereocenters. The van der Waals surface area contributed by atoms with E-state index in [4.69, 9.17) is 4.74 Å². The van der Waals surface area contributed by atoms with E-state index in [1.165, 1.54) is 0 Å². The van der Waals surface area contributed by atoms with Crippen LogP contribution >= 0.6 is 0 Å². The van der Waals surface area contributed by atoms with Gasteiger partial charge in [0.2, 0.25) is 5.88 Å². The fraction of sp³-hybridized carbons (Fsp3) is 0.200. The highest BCUT2D eigenvalue weighted by molar-refractivity contribution is 5.91. The van der Waals surface area contributed by atoms with Crippen LogP contribution < -0.4 is 9.64 Å². The Hall–Kier alpha value is -2.76. The summed E-state index contributed by atoms with van der Waals surface area (Å²) in [7, 11) is 3.47. The monoisotopic (exact) mass is 281 g/mol. The van der Waals surface area contributed by atoms with Crippen LogP contribution in [-0.2, 0) is 0 Å². The third kappa shape index (κ3) is 2.47. The highest BCUT2D eigenvalue weighted by Crippen LogP contribution is 2.27. The van der Waals surface area contributed by atoms with E-state index in [0.717, 1.165) is 22.5 Å². The van der Waals surface area contributed by atoms with Gasteiger partial charge < -0.3 is 9.64 Å². The first kappa shape index (κ1) is 13.2. The predicted molar refractivity (Wildman–Crippen MR) is 80.9 cm³/mol. The quantitative estimate of drug-likeness (QED) is 0.735. The second kappa shape index (κ2) is 5.32. The van der Waals surface area contributed by atoms with Gasteiger partial charge in [-0.2, -0.15) is 0 Å². The van der Waals surface area contributed by atoms with Crippen LogP contribution in [-0.4, -0.2) is 34.1 Å². The van der Waals surface area contributed by atoms with Crippen molar-refractivity contribution in [1.82, 2.24) is 19.9 Å². The summed E-state index contributed by atoms with van der Waals surface area (Å²) < 4.78 is 5.03. The summed E-state index contributed by atoms with van der Waals surface area (Å²) in [6, 6.07) is 7.91. The van der Waals surface area contributed by atoms with Crippen molar-refractivity contribution in [2.75, 3.05) is 19.1 Å². The number of hydrogen-bond donors (Lipinski definition) is 0. The van der Waals surface area contributed by atoms with Gasteiger partial charge in [-0.05, 0) is 19.1 Å². The van der Waals surface area contributed by atoms with Gasteiger partial charge in [0.25, 0.3) is 0 Å². The number of ether oxygens (including phenoxy) is 1. The molecule has 0 aliphatic carbocycles. The van der Waals surface area contributed by atoms with Crippen molar-refractivity contribution in [3.8, 4) is 5.88 Å². The standard InChI is InChI=1S/C15H15N5O/c1-10-18-12-7-5-4-6-11(12)15(19-10)20(2)13-8-17-14(21-3)9-16-13/h4-9H,1-3H3. The lowest BCUT2D eigenvalue weighted by Gasteiger charge is -2.19. The molecule has 0 unspecified atom stereocenters. The summed E-state index contributed by atoms with van der Waals surface area (Å²) in [5, 5.41) is 0.975. The van der Waals surface area contributed by atoms with Crippen LogP contribution in [0.1, 0.15) is 5.82 Å². The zero-order valence-electron chi connectivity index (χ0n) is 12.1. The zero-order valence-corrected chi connectivity index (χ0v) is 12.1. The van der Waals surface area contributed by atoms with Gasteiger partial charge in [-0.15, -0.1) is 0 Å². The van der Waals surface area contributed by atoms with Gasteiger partial charge in [0.15, 0.2) is 5.82 Å². The van der Waals surface area contributed by atoms with Crippen molar-refractivity contribution in [1.29, 1.82) is 0 Å². The Kier molecular flexibility index (Phi) is 3.35. The van der Waals surface area contributed by atoms with Gasteiger partial charge in [0, 0.05) is 12.4 Å². The summed E-state index contributed by atoms with van der Waals surface area (Å²) in [5.74, 6) is 2.70. The van der Waals surface area contributed by atoms with Crippen molar-refractivity contribution in [3.63, 3.8) is 0 Å². The first-order valence-corrected chi connectivity index (χ1v) is 6.52. The normalized spacial score (nSPS) is 10.6. The molecule has 6 nitrogen and oxygen atoms in total. The maximum absolute atomic E-state index is 5.03. The first-order valence-electron chi connectivity index (χ1n) is 6.52. The minimum absolute atomic E-state index is 0.482. The van der Waals surface area contributed by atoms with Gasteiger partial charge in [-0.25, -0.2) is 19.9 Å². The van der Waals surface area contributed by atoms with E-state index < -0.39 is 0 Å². The van der Waals surface area contributed by atoms with Gasteiger partial charge in [0.05, 0.1) is 25.0 Å². The number of aryl methyl sites for hydroxylation is 1. The SMILES string of the molecule is COc1cnc(N(C)c2nc(C)nc3ccccc23)cn1. The van der Waals surface area contributed by atoms with E-state index in [9.17, 15) is 0 Å². The summed E-state index contributed by atoms with van der Waals surface area (Å²) in [6.45, 7) is 1.88. The second-order valence-electron chi connectivity index (χ2n) is 4.59. The van der Waals surface area contributed by atoms with Crippen LogP contribution in [0.2, 0.25) is 0 Å². The molecular formula is C15H15N5O. The Bertz CT molecular complexity index is 773. The Morgan fingerprint density at radius 1 is 1.05 bits per heavy atom. The average Bonchev–Trinajstić information content (AvgIpc) is 2.53. The van der Waals surface area contributed by atoms with E-state index in [0.29, 0.717) is 11.7 Å². The van der Waals surface area contributed by atoms with Gasteiger partial charge >= 0.3 is 0 Å². The Morgan fingerprint density at radius 3 is 2.57 bits per heavy atom. The van der Waals surface area contributed by atoms with Crippen LogP contribution in [0, 0.1) is 6.92 Å². The van der Waals surface area contributed by atoms with E-state index in [2.05, 4.69) is 19.9 Å². The summed E-state index contributed by atoms with van der Waals surface area (Å²) in [5.41, 5.74) is 0.910. The van der Waals surface area contributed by atoms with Crippen LogP contribution in [0.4, 0.5) is 11.6 Å². The number of anilines is 2. The third-order valence-corrected chi connectivity index (χ3v) is 3.18. The van der Waals surface area contributed by atoms with Gasteiger partial charge in [-0.1, -0.05) is 12.1 Å². The summed E-state index contributed by atoms with van der Waals surface area (Å²) >= 11 is 0. The molecule has 2 heterocycles. The van der Waals surface area contributed by atoms with Crippen LogP contribution in [0.5, 0.6) is 5.88 Å². The van der Waals surface area contributed by atoms with Gasteiger partial charge in [0.1, 0.15) is 11.6 Å². The van der Waals surface area contributed by atoms with E-state index in [1.807, 2.05) is 43.1 Å². The van der Waals surface area contributed by atoms with Crippen molar-refractivity contribution < 1.29 is 4.74 Å². The minimum atomic E-state index is 0.482. The predicted octanol–water partition coefficient (Wildman–Crippen LogP) is 2.50. The molecule has 0 aliphatic heterocycles. The second-order valence-corrected chi connectivity index (χ2v) is 4.59. The Balaban J connectivity index is 2.09. The number of methoxy groups -OCH3 is 1. The van der Waals surface area contributed by atoms with Crippen LogP contribution in [0.15, 0.2) is 36.7 Å². The highest BCUT2D eigenvalue weighted by atomic mass is 16.5. The summed E-state index contributed by atoms with van der Waals surface area (Å²) in [6.07, 6.45) is 3.24. The molecule has 0 N–H and O–H groups in total. The highest BCUT2D eigenvalue weighted by Gasteiger charge is 2.13. The molecule has 0 aliphatic rings. The maximum atomic E-state index is 5.03. The number of benzene rings is 1. The first-order chi connectivity index (χ1) is 10.2. The molecule has 3 rings (SSSR count). The number of nitrogens with zero attached hydrogens (tertiary/aromatic N) is 5. The Labute approximate surface area is 122 Å². The fourth-order valence-electron chi connectivity index (χ4n) is 2.13. The molecule has 0 fully saturated rings.